The lowest BCUT2D eigenvalue weighted by atomic mass is 10.1. The number of hydrogen-bond acceptors (Lipinski definition) is 5. The quantitative estimate of drug-likeness (QED) is 0.460. The summed E-state index contributed by atoms with van der Waals surface area (Å²) in [6.07, 6.45) is 0. The van der Waals surface area contributed by atoms with E-state index in [4.69, 9.17) is 5.73 Å². The van der Waals surface area contributed by atoms with Crippen molar-refractivity contribution >= 4 is 33.3 Å². The summed E-state index contributed by atoms with van der Waals surface area (Å²) in [4.78, 5) is 0. The van der Waals surface area contributed by atoms with Gasteiger partial charge in [0.1, 0.15) is 0 Å². The van der Waals surface area contributed by atoms with E-state index in [9.17, 15) is 0 Å². The van der Waals surface area contributed by atoms with Crippen LogP contribution in [-0.2, 0) is 0 Å². The standard InChI is InChI=1S/C10H7N7/c11-9-7-8(12-13-9)5-3-1-2-4-6(5)17-10(7)14-15-16-17/h1-4H,(H3,11,12,13). The van der Waals surface area contributed by atoms with Crippen molar-refractivity contribution in [1.29, 1.82) is 0 Å². The Hall–Kier alpha value is -2.70. The van der Waals surface area contributed by atoms with Gasteiger partial charge in [-0.1, -0.05) is 18.2 Å². The van der Waals surface area contributed by atoms with Crippen LogP contribution in [0, 0.1) is 0 Å². The highest BCUT2D eigenvalue weighted by atomic mass is 15.5. The number of nitrogens with two attached hydrogens (primary N) is 1. The third-order valence-corrected chi connectivity index (χ3v) is 2.89. The van der Waals surface area contributed by atoms with Crippen LogP contribution in [0.3, 0.4) is 0 Å². The molecular weight excluding hydrogens is 218 g/mol. The van der Waals surface area contributed by atoms with Crippen LogP contribution in [0.5, 0.6) is 0 Å². The van der Waals surface area contributed by atoms with E-state index in [1.807, 2.05) is 24.3 Å². The Morgan fingerprint density at radius 2 is 2.12 bits per heavy atom. The minimum Gasteiger partial charge on any atom is -0.382 e. The van der Waals surface area contributed by atoms with Crippen molar-refractivity contribution in [3.63, 3.8) is 0 Å². The zero-order chi connectivity index (χ0) is 11.4. The smallest absolute Gasteiger partial charge is 0.193 e. The van der Waals surface area contributed by atoms with E-state index < -0.39 is 0 Å². The Labute approximate surface area is 94.2 Å². The minimum absolute atomic E-state index is 0.408. The van der Waals surface area contributed by atoms with Crippen molar-refractivity contribution in [2.24, 2.45) is 0 Å². The number of para-hydroxylation sites is 1. The molecule has 0 aliphatic rings. The monoisotopic (exact) mass is 225 g/mol. The minimum atomic E-state index is 0.408. The largest absolute Gasteiger partial charge is 0.382 e. The van der Waals surface area contributed by atoms with Crippen LogP contribution in [-0.4, -0.2) is 30.2 Å². The zero-order valence-corrected chi connectivity index (χ0v) is 8.62. The molecular formula is C10H7N7. The van der Waals surface area contributed by atoms with E-state index in [-0.39, 0.29) is 0 Å². The fraction of sp³-hybridized carbons (Fsp3) is 0. The van der Waals surface area contributed by atoms with Gasteiger partial charge in [0.25, 0.3) is 0 Å². The molecule has 0 saturated carbocycles. The Kier molecular flexibility index (Phi) is 1.34. The summed E-state index contributed by atoms with van der Waals surface area (Å²) < 4.78 is 1.67. The van der Waals surface area contributed by atoms with Crippen LogP contribution in [0.2, 0.25) is 0 Å². The summed E-state index contributed by atoms with van der Waals surface area (Å²) in [5, 5.41) is 20.4. The number of aromatic nitrogens is 6. The number of fused-ring (bicyclic) bond motifs is 6. The summed E-state index contributed by atoms with van der Waals surface area (Å²) in [5.41, 5.74) is 8.24. The second-order valence-electron chi connectivity index (χ2n) is 3.79. The number of H-pyrrole nitrogens is 1. The molecule has 0 spiro atoms. The van der Waals surface area contributed by atoms with Crippen LogP contribution < -0.4 is 5.73 Å². The first-order valence-corrected chi connectivity index (χ1v) is 5.08. The lowest BCUT2D eigenvalue weighted by Crippen LogP contribution is -1.93. The number of hydrogen-bond donors (Lipinski definition) is 2. The maximum absolute atomic E-state index is 5.84. The molecule has 0 aliphatic carbocycles. The van der Waals surface area contributed by atoms with Crippen LogP contribution in [0.1, 0.15) is 0 Å². The Morgan fingerprint density at radius 1 is 1.24 bits per heavy atom. The number of pyridine rings is 1. The summed E-state index contributed by atoms with van der Waals surface area (Å²) in [6, 6.07) is 7.83. The Bertz CT molecular complexity index is 857. The predicted octanol–water partition coefficient (Wildman–Crippen LogP) is 0.736. The molecule has 0 amide bonds. The number of nitrogens with zero attached hydrogens (tertiary/aromatic N) is 5. The molecule has 0 saturated heterocycles. The van der Waals surface area contributed by atoms with Gasteiger partial charge in [0, 0.05) is 5.39 Å². The number of tetrazole rings is 1. The average Bonchev–Trinajstić information content (AvgIpc) is 2.96. The Morgan fingerprint density at radius 3 is 3.06 bits per heavy atom. The van der Waals surface area contributed by atoms with E-state index in [1.54, 1.807) is 4.52 Å². The summed E-state index contributed by atoms with van der Waals surface area (Å²) in [6.45, 7) is 0. The molecule has 17 heavy (non-hydrogen) atoms. The van der Waals surface area contributed by atoms with Crippen molar-refractivity contribution in [3.8, 4) is 0 Å². The van der Waals surface area contributed by atoms with E-state index in [1.165, 1.54) is 0 Å². The second-order valence-corrected chi connectivity index (χ2v) is 3.79. The van der Waals surface area contributed by atoms with Crippen molar-refractivity contribution in [3.05, 3.63) is 24.3 Å². The number of benzene rings is 1. The number of nitrogens with one attached hydrogen (secondary N) is 1. The fourth-order valence-corrected chi connectivity index (χ4v) is 2.15. The van der Waals surface area contributed by atoms with E-state index in [2.05, 4.69) is 25.7 Å². The van der Waals surface area contributed by atoms with Crippen molar-refractivity contribution in [1.82, 2.24) is 30.2 Å². The molecule has 3 aromatic heterocycles. The molecule has 0 bridgehead atoms. The summed E-state index contributed by atoms with van der Waals surface area (Å²) in [7, 11) is 0. The third kappa shape index (κ3) is 0.906. The van der Waals surface area contributed by atoms with Gasteiger partial charge in [0.05, 0.1) is 16.4 Å². The van der Waals surface area contributed by atoms with Gasteiger partial charge < -0.3 is 5.73 Å². The van der Waals surface area contributed by atoms with Gasteiger partial charge in [-0.15, -0.1) is 5.10 Å². The molecule has 4 aromatic rings. The molecule has 0 atom stereocenters. The van der Waals surface area contributed by atoms with Crippen molar-refractivity contribution in [2.75, 3.05) is 5.73 Å². The fourth-order valence-electron chi connectivity index (χ4n) is 2.15. The summed E-state index contributed by atoms with van der Waals surface area (Å²) in [5.74, 6) is 0.408. The van der Waals surface area contributed by atoms with Crippen LogP contribution in [0.15, 0.2) is 24.3 Å². The second kappa shape index (κ2) is 2.70. The molecule has 1 aromatic carbocycles. The van der Waals surface area contributed by atoms with Crippen molar-refractivity contribution in [2.45, 2.75) is 0 Å². The molecule has 0 radical (unpaired) electrons. The van der Waals surface area contributed by atoms with E-state index in [0.717, 1.165) is 21.8 Å². The molecule has 7 heteroatoms. The normalized spacial score (nSPS) is 11.8. The number of anilines is 1. The topological polar surface area (TPSA) is 97.8 Å². The first-order valence-electron chi connectivity index (χ1n) is 5.08. The zero-order valence-electron chi connectivity index (χ0n) is 8.62. The SMILES string of the molecule is Nc1n[nH]c2c3ccccc3n3nnnc3c12. The van der Waals surface area contributed by atoms with E-state index >= 15 is 0 Å². The number of rotatable bonds is 0. The van der Waals surface area contributed by atoms with Crippen LogP contribution >= 0.6 is 0 Å². The van der Waals surface area contributed by atoms with Gasteiger partial charge in [-0.05, 0) is 16.5 Å². The molecule has 3 N–H and O–H groups in total. The van der Waals surface area contributed by atoms with Crippen LogP contribution in [0.4, 0.5) is 5.82 Å². The molecule has 0 aliphatic heterocycles. The molecule has 82 valence electrons. The molecule has 7 nitrogen and oxygen atoms in total. The maximum Gasteiger partial charge on any atom is 0.193 e. The van der Waals surface area contributed by atoms with Gasteiger partial charge in [0.2, 0.25) is 0 Å². The van der Waals surface area contributed by atoms with Gasteiger partial charge in [0.15, 0.2) is 11.5 Å². The van der Waals surface area contributed by atoms with E-state index in [0.29, 0.717) is 11.5 Å². The lowest BCUT2D eigenvalue weighted by molar-refractivity contribution is 0.842. The Balaban J connectivity index is 2.50. The van der Waals surface area contributed by atoms with Crippen LogP contribution in [0.25, 0.3) is 27.5 Å². The van der Waals surface area contributed by atoms with Crippen molar-refractivity contribution < 1.29 is 0 Å². The summed E-state index contributed by atoms with van der Waals surface area (Å²) >= 11 is 0. The highest BCUT2D eigenvalue weighted by molar-refractivity contribution is 6.13. The number of aromatic amines is 1. The lowest BCUT2D eigenvalue weighted by Gasteiger charge is -2.01. The average molecular weight is 225 g/mol. The van der Waals surface area contributed by atoms with Gasteiger partial charge >= 0.3 is 0 Å². The third-order valence-electron chi connectivity index (χ3n) is 2.89. The van der Waals surface area contributed by atoms with Gasteiger partial charge in [-0.3, -0.25) is 5.10 Å². The predicted molar refractivity (Wildman–Crippen MR) is 62.4 cm³/mol. The molecule has 3 heterocycles. The molecule has 4 rings (SSSR count). The first-order chi connectivity index (χ1) is 8.36. The van der Waals surface area contributed by atoms with Gasteiger partial charge in [-0.25, -0.2) is 0 Å². The number of nitrogen functional groups attached to an aromatic ring is 1. The maximum atomic E-state index is 5.84. The van der Waals surface area contributed by atoms with Gasteiger partial charge in [-0.2, -0.15) is 9.61 Å². The first kappa shape index (κ1) is 8.45. The molecule has 0 fully saturated rings. The molecule has 0 unspecified atom stereocenters. The highest BCUT2D eigenvalue weighted by Crippen LogP contribution is 2.29. The highest BCUT2D eigenvalue weighted by Gasteiger charge is 2.14.